The molecule has 0 amide bonds. The third kappa shape index (κ3) is 3.64. The second kappa shape index (κ2) is 6.01. The Bertz CT molecular complexity index is 706. The van der Waals surface area contributed by atoms with Crippen molar-refractivity contribution in [1.29, 1.82) is 0 Å². The minimum atomic E-state index is -2.93. The summed E-state index contributed by atoms with van der Waals surface area (Å²) in [6.45, 7) is 4.15. The maximum absolute atomic E-state index is 11.2. The molecule has 0 radical (unpaired) electrons. The average Bonchev–Trinajstić information content (AvgIpc) is 2.79. The quantitative estimate of drug-likeness (QED) is 0.797. The summed E-state index contributed by atoms with van der Waals surface area (Å²) in [5.41, 5.74) is 3.52. The van der Waals surface area contributed by atoms with Gasteiger partial charge in [-0.2, -0.15) is 0 Å². The summed E-state index contributed by atoms with van der Waals surface area (Å²) in [7, 11) is -2.93. The highest BCUT2D eigenvalue weighted by atomic mass is 32.2. The SMILES string of the molecule is Cc1cccc(-n2ccnc2SCCS(C)(=O)=O)c1C. The number of sulfone groups is 1. The van der Waals surface area contributed by atoms with Crippen LogP contribution >= 0.6 is 11.8 Å². The summed E-state index contributed by atoms with van der Waals surface area (Å²) in [5, 5.41) is 0.822. The van der Waals surface area contributed by atoms with Gasteiger partial charge in [0.2, 0.25) is 0 Å². The molecule has 0 atom stereocenters. The second-order valence-corrected chi connectivity index (χ2v) is 8.10. The van der Waals surface area contributed by atoms with Crippen molar-refractivity contribution in [3.05, 3.63) is 41.7 Å². The van der Waals surface area contributed by atoms with Crippen LogP contribution in [-0.4, -0.2) is 35.7 Å². The zero-order chi connectivity index (χ0) is 14.8. The molecule has 0 aliphatic rings. The smallest absolute Gasteiger partial charge is 0.172 e. The van der Waals surface area contributed by atoms with Crippen LogP contribution < -0.4 is 0 Å². The van der Waals surface area contributed by atoms with Crippen molar-refractivity contribution in [3.8, 4) is 5.69 Å². The topological polar surface area (TPSA) is 52.0 Å². The molecule has 0 aliphatic heterocycles. The van der Waals surface area contributed by atoms with Crippen LogP contribution in [0.5, 0.6) is 0 Å². The van der Waals surface area contributed by atoms with Crippen molar-refractivity contribution in [3.63, 3.8) is 0 Å². The Hall–Kier alpha value is -1.27. The lowest BCUT2D eigenvalue weighted by molar-refractivity contribution is 0.603. The lowest BCUT2D eigenvalue weighted by Gasteiger charge is -2.12. The largest absolute Gasteiger partial charge is 0.295 e. The molecule has 2 rings (SSSR count). The molecule has 20 heavy (non-hydrogen) atoms. The molecule has 0 unspecified atom stereocenters. The van der Waals surface area contributed by atoms with Crippen molar-refractivity contribution < 1.29 is 8.42 Å². The Kier molecular flexibility index (Phi) is 4.55. The molecular weight excluding hydrogens is 292 g/mol. The first-order valence-corrected chi connectivity index (χ1v) is 9.33. The summed E-state index contributed by atoms with van der Waals surface area (Å²) in [4.78, 5) is 4.31. The van der Waals surface area contributed by atoms with Gasteiger partial charge in [-0.1, -0.05) is 23.9 Å². The van der Waals surface area contributed by atoms with E-state index in [4.69, 9.17) is 0 Å². The van der Waals surface area contributed by atoms with Crippen LogP contribution in [0.3, 0.4) is 0 Å². The fraction of sp³-hybridized carbons (Fsp3) is 0.357. The van der Waals surface area contributed by atoms with Gasteiger partial charge < -0.3 is 0 Å². The molecular formula is C14H18N2O2S2. The molecule has 0 saturated carbocycles. The number of aryl methyl sites for hydroxylation is 1. The molecule has 1 heterocycles. The number of imidazole rings is 1. The van der Waals surface area contributed by atoms with Gasteiger partial charge in [-0.3, -0.25) is 4.57 Å². The Morgan fingerprint density at radius 3 is 2.75 bits per heavy atom. The van der Waals surface area contributed by atoms with Crippen LogP contribution in [0.4, 0.5) is 0 Å². The number of nitrogens with zero attached hydrogens (tertiary/aromatic N) is 2. The van der Waals surface area contributed by atoms with Gasteiger partial charge in [0.1, 0.15) is 9.84 Å². The van der Waals surface area contributed by atoms with Gasteiger partial charge in [0.25, 0.3) is 0 Å². The van der Waals surface area contributed by atoms with E-state index in [9.17, 15) is 8.42 Å². The van der Waals surface area contributed by atoms with Gasteiger partial charge in [-0.25, -0.2) is 13.4 Å². The zero-order valence-corrected chi connectivity index (χ0v) is 13.5. The number of benzene rings is 1. The molecule has 0 saturated heterocycles. The van der Waals surface area contributed by atoms with Gasteiger partial charge in [-0.05, 0) is 31.0 Å². The predicted octanol–water partition coefficient (Wildman–Crippen LogP) is 2.63. The monoisotopic (exact) mass is 310 g/mol. The summed E-state index contributed by atoms with van der Waals surface area (Å²) in [6, 6.07) is 6.14. The van der Waals surface area contributed by atoms with Crippen LogP contribution in [0, 0.1) is 13.8 Å². The lowest BCUT2D eigenvalue weighted by atomic mass is 10.1. The van der Waals surface area contributed by atoms with E-state index in [-0.39, 0.29) is 5.75 Å². The van der Waals surface area contributed by atoms with Crippen LogP contribution in [0.25, 0.3) is 5.69 Å². The van der Waals surface area contributed by atoms with E-state index in [1.165, 1.54) is 29.1 Å². The van der Waals surface area contributed by atoms with E-state index in [1.54, 1.807) is 6.20 Å². The van der Waals surface area contributed by atoms with E-state index < -0.39 is 9.84 Å². The lowest BCUT2D eigenvalue weighted by Crippen LogP contribution is -2.06. The number of hydrogen-bond donors (Lipinski definition) is 0. The summed E-state index contributed by atoms with van der Waals surface area (Å²) in [5.74, 6) is 0.679. The van der Waals surface area contributed by atoms with Gasteiger partial charge in [0, 0.05) is 24.4 Å². The highest BCUT2D eigenvalue weighted by Crippen LogP contribution is 2.24. The maximum atomic E-state index is 11.2. The van der Waals surface area contributed by atoms with E-state index in [0.717, 1.165) is 10.8 Å². The van der Waals surface area contributed by atoms with Gasteiger partial charge in [-0.15, -0.1) is 0 Å². The predicted molar refractivity (Wildman–Crippen MR) is 83.5 cm³/mol. The Morgan fingerprint density at radius 2 is 2.05 bits per heavy atom. The number of rotatable bonds is 5. The van der Waals surface area contributed by atoms with E-state index in [0.29, 0.717) is 5.75 Å². The number of thioether (sulfide) groups is 1. The molecule has 4 nitrogen and oxygen atoms in total. The van der Waals surface area contributed by atoms with Crippen LogP contribution in [0.1, 0.15) is 11.1 Å². The van der Waals surface area contributed by atoms with Crippen molar-refractivity contribution in [2.75, 3.05) is 17.8 Å². The normalized spacial score (nSPS) is 11.8. The standard InChI is InChI=1S/C14H18N2O2S2/c1-11-5-4-6-13(12(11)2)16-8-7-15-14(16)19-9-10-20(3,17)18/h4-8H,9-10H2,1-3H3. The minimum Gasteiger partial charge on any atom is -0.295 e. The first kappa shape index (κ1) is 15.1. The molecule has 0 N–H and O–H groups in total. The minimum absolute atomic E-state index is 0.164. The van der Waals surface area contributed by atoms with Crippen molar-refractivity contribution >= 4 is 21.6 Å². The second-order valence-electron chi connectivity index (χ2n) is 4.78. The fourth-order valence-corrected chi connectivity index (χ4v) is 4.02. The average molecular weight is 310 g/mol. The fourth-order valence-electron chi connectivity index (χ4n) is 1.86. The molecule has 0 aliphatic carbocycles. The first-order valence-electron chi connectivity index (χ1n) is 6.29. The molecule has 108 valence electrons. The van der Waals surface area contributed by atoms with Crippen molar-refractivity contribution in [1.82, 2.24) is 9.55 Å². The summed E-state index contributed by atoms with van der Waals surface area (Å²) in [6.07, 6.45) is 4.90. The summed E-state index contributed by atoms with van der Waals surface area (Å²) < 4.78 is 24.4. The molecule has 2 aromatic rings. The zero-order valence-electron chi connectivity index (χ0n) is 11.8. The Balaban J connectivity index is 2.22. The van der Waals surface area contributed by atoms with Crippen molar-refractivity contribution in [2.24, 2.45) is 0 Å². The van der Waals surface area contributed by atoms with Crippen LogP contribution in [-0.2, 0) is 9.84 Å². The Labute approximate surface area is 124 Å². The molecule has 1 aromatic carbocycles. The highest BCUT2D eigenvalue weighted by Gasteiger charge is 2.10. The maximum Gasteiger partial charge on any atom is 0.172 e. The third-order valence-electron chi connectivity index (χ3n) is 3.13. The van der Waals surface area contributed by atoms with Gasteiger partial charge in [0.05, 0.1) is 11.4 Å². The van der Waals surface area contributed by atoms with Gasteiger partial charge >= 0.3 is 0 Å². The Morgan fingerprint density at radius 1 is 1.30 bits per heavy atom. The van der Waals surface area contributed by atoms with Crippen LogP contribution in [0.2, 0.25) is 0 Å². The molecule has 0 spiro atoms. The van der Waals surface area contributed by atoms with E-state index >= 15 is 0 Å². The third-order valence-corrected chi connectivity index (χ3v) is 5.30. The first-order chi connectivity index (χ1) is 9.38. The number of hydrogen-bond acceptors (Lipinski definition) is 4. The van der Waals surface area contributed by atoms with Gasteiger partial charge in [0.15, 0.2) is 5.16 Å². The van der Waals surface area contributed by atoms with E-state index in [2.05, 4.69) is 24.9 Å². The highest BCUT2D eigenvalue weighted by molar-refractivity contribution is 8.00. The number of aromatic nitrogens is 2. The van der Waals surface area contributed by atoms with Crippen LogP contribution in [0.15, 0.2) is 35.7 Å². The molecule has 6 heteroatoms. The molecule has 0 fully saturated rings. The summed E-state index contributed by atoms with van der Waals surface area (Å²) >= 11 is 1.46. The van der Waals surface area contributed by atoms with E-state index in [1.807, 2.05) is 22.9 Å². The molecule has 0 bridgehead atoms. The van der Waals surface area contributed by atoms with Crippen molar-refractivity contribution in [2.45, 2.75) is 19.0 Å². The molecule has 1 aromatic heterocycles.